The minimum Gasteiger partial charge on any atom is -0.453 e. The molecule has 0 saturated heterocycles. The summed E-state index contributed by atoms with van der Waals surface area (Å²) in [7, 11) is -2.19. The molecule has 154 valence electrons. The summed E-state index contributed by atoms with van der Waals surface area (Å²) >= 11 is 0. The van der Waals surface area contributed by atoms with Gasteiger partial charge in [0.15, 0.2) is 0 Å². The first-order chi connectivity index (χ1) is 13.8. The van der Waals surface area contributed by atoms with Gasteiger partial charge in [-0.3, -0.25) is 4.79 Å². The number of benzene rings is 2. The van der Waals surface area contributed by atoms with E-state index in [-0.39, 0.29) is 29.9 Å². The maximum atomic E-state index is 12.3. The minimum atomic E-state index is -3.69. The van der Waals surface area contributed by atoms with E-state index >= 15 is 0 Å². The lowest BCUT2D eigenvalue weighted by atomic mass is 10.0. The third kappa shape index (κ3) is 5.00. The fourth-order valence-electron chi connectivity index (χ4n) is 3.09. The second-order valence-corrected chi connectivity index (χ2v) is 8.45. The molecule has 0 fully saturated rings. The molecule has 2 aromatic rings. The minimum absolute atomic E-state index is 0.0289. The number of cyclic esters (lactones) is 1. The van der Waals surface area contributed by atoms with Gasteiger partial charge >= 0.3 is 5.97 Å². The van der Waals surface area contributed by atoms with Crippen LogP contribution in [0.25, 0.3) is 0 Å². The number of esters is 1. The maximum absolute atomic E-state index is 12.3. The molecule has 8 nitrogen and oxygen atoms in total. The summed E-state index contributed by atoms with van der Waals surface area (Å²) in [6.07, 6.45) is -0.663. The Labute approximate surface area is 169 Å². The molecular formula is C20H22N2O6S. The van der Waals surface area contributed by atoms with E-state index in [2.05, 4.69) is 10.0 Å². The highest BCUT2D eigenvalue weighted by molar-refractivity contribution is 7.89. The normalized spacial score (nSPS) is 16.8. The van der Waals surface area contributed by atoms with Gasteiger partial charge in [0.05, 0.1) is 23.5 Å². The van der Waals surface area contributed by atoms with E-state index in [1.807, 2.05) is 0 Å². The van der Waals surface area contributed by atoms with Gasteiger partial charge in [0.1, 0.15) is 6.10 Å². The number of hydrogen-bond acceptors (Lipinski definition) is 6. The summed E-state index contributed by atoms with van der Waals surface area (Å²) < 4.78 is 37.3. The molecular weight excluding hydrogens is 396 g/mol. The van der Waals surface area contributed by atoms with Crippen molar-refractivity contribution in [2.24, 2.45) is 0 Å². The number of amides is 1. The van der Waals surface area contributed by atoms with E-state index in [9.17, 15) is 18.0 Å². The molecule has 2 atom stereocenters. The van der Waals surface area contributed by atoms with Crippen molar-refractivity contribution in [2.75, 3.05) is 19.0 Å². The lowest BCUT2D eigenvalue weighted by Gasteiger charge is -2.14. The van der Waals surface area contributed by atoms with Crippen LogP contribution in [-0.4, -0.2) is 40.1 Å². The van der Waals surface area contributed by atoms with Gasteiger partial charge in [-0.15, -0.1) is 0 Å². The Bertz CT molecular complexity index is 1000. The summed E-state index contributed by atoms with van der Waals surface area (Å²) in [5.41, 5.74) is 1.59. The SMILES string of the molecule is COC[C@@H](C)NS(=O)(=O)c1ccc(NC(=O)C[C@H]2OC(=O)c3ccccc32)cc1. The van der Waals surface area contributed by atoms with Crippen molar-refractivity contribution in [2.45, 2.75) is 30.4 Å². The number of carbonyl (C=O) groups is 2. The first-order valence-electron chi connectivity index (χ1n) is 9.01. The fraction of sp³-hybridized carbons (Fsp3) is 0.300. The number of nitrogens with one attached hydrogen (secondary N) is 2. The quantitative estimate of drug-likeness (QED) is 0.636. The van der Waals surface area contributed by atoms with Gasteiger partial charge in [0, 0.05) is 24.4 Å². The van der Waals surface area contributed by atoms with Crippen LogP contribution >= 0.6 is 0 Å². The highest BCUT2D eigenvalue weighted by atomic mass is 32.2. The molecule has 0 radical (unpaired) electrons. The Morgan fingerprint density at radius 2 is 1.86 bits per heavy atom. The van der Waals surface area contributed by atoms with E-state index in [1.165, 1.54) is 31.4 Å². The highest BCUT2D eigenvalue weighted by Crippen LogP contribution is 2.33. The van der Waals surface area contributed by atoms with Crippen molar-refractivity contribution in [1.29, 1.82) is 0 Å². The van der Waals surface area contributed by atoms with Gasteiger partial charge in [-0.2, -0.15) is 0 Å². The summed E-state index contributed by atoms with van der Waals surface area (Å²) in [5, 5.41) is 2.69. The summed E-state index contributed by atoms with van der Waals surface area (Å²) in [6.45, 7) is 1.95. The molecule has 0 unspecified atom stereocenters. The van der Waals surface area contributed by atoms with E-state index in [4.69, 9.17) is 9.47 Å². The van der Waals surface area contributed by atoms with Crippen molar-refractivity contribution < 1.29 is 27.5 Å². The number of sulfonamides is 1. The van der Waals surface area contributed by atoms with E-state index in [0.717, 1.165) is 0 Å². The van der Waals surface area contributed by atoms with Crippen LogP contribution < -0.4 is 10.0 Å². The third-order valence-corrected chi connectivity index (χ3v) is 5.97. The van der Waals surface area contributed by atoms with Crippen molar-refractivity contribution in [3.8, 4) is 0 Å². The second-order valence-electron chi connectivity index (χ2n) is 6.74. The number of ether oxygens (including phenoxy) is 2. The van der Waals surface area contributed by atoms with E-state index in [1.54, 1.807) is 31.2 Å². The number of methoxy groups -OCH3 is 1. The Kier molecular flexibility index (Phi) is 6.31. The number of carbonyl (C=O) groups excluding carboxylic acids is 2. The van der Waals surface area contributed by atoms with Crippen LogP contribution in [-0.2, 0) is 24.3 Å². The second kappa shape index (κ2) is 8.73. The number of rotatable bonds is 8. The van der Waals surface area contributed by atoms with E-state index in [0.29, 0.717) is 16.8 Å². The zero-order valence-corrected chi connectivity index (χ0v) is 16.9. The predicted molar refractivity (Wildman–Crippen MR) is 106 cm³/mol. The van der Waals surface area contributed by atoms with Crippen LogP contribution in [0.4, 0.5) is 5.69 Å². The van der Waals surface area contributed by atoms with Gasteiger partial charge in [0.2, 0.25) is 15.9 Å². The first kappa shape index (κ1) is 21.0. The highest BCUT2D eigenvalue weighted by Gasteiger charge is 2.32. The van der Waals surface area contributed by atoms with Crippen LogP contribution in [0.3, 0.4) is 0 Å². The van der Waals surface area contributed by atoms with Crippen LogP contribution in [0.5, 0.6) is 0 Å². The largest absolute Gasteiger partial charge is 0.453 e. The zero-order chi connectivity index (χ0) is 21.0. The van der Waals surface area contributed by atoms with Crippen molar-refractivity contribution in [3.63, 3.8) is 0 Å². The topological polar surface area (TPSA) is 111 Å². The molecule has 0 aliphatic carbocycles. The fourth-order valence-corrected chi connectivity index (χ4v) is 4.31. The Morgan fingerprint density at radius 1 is 1.17 bits per heavy atom. The molecule has 1 aliphatic heterocycles. The summed E-state index contributed by atoms with van der Waals surface area (Å²) in [4.78, 5) is 24.3. The molecule has 1 heterocycles. The average Bonchev–Trinajstić information content (AvgIpc) is 2.98. The van der Waals surface area contributed by atoms with Crippen LogP contribution in [0.15, 0.2) is 53.4 Å². The molecule has 2 N–H and O–H groups in total. The van der Waals surface area contributed by atoms with Crippen LogP contribution in [0.1, 0.15) is 35.4 Å². The zero-order valence-electron chi connectivity index (χ0n) is 16.0. The van der Waals surface area contributed by atoms with Gasteiger partial charge in [0.25, 0.3) is 0 Å². The Hall–Kier alpha value is -2.75. The molecule has 1 aliphatic rings. The van der Waals surface area contributed by atoms with Crippen LogP contribution in [0.2, 0.25) is 0 Å². The lowest BCUT2D eigenvalue weighted by Crippen LogP contribution is -2.35. The van der Waals surface area contributed by atoms with Gasteiger partial charge < -0.3 is 14.8 Å². The molecule has 0 saturated carbocycles. The van der Waals surface area contributed by atoms with Crippen molar-refractivity contribution in [3.05, 3.63) is 59.7 Å². The summed E-state index contributed by atoms with van der Waals surface area (Å²) in [6, 6.07) is 12.4. The molecule has 29 heavy (non-hydrogen) atoms. The third-order valence-electron chi connectivity index (χ3n) is 4.37. The molecule has 3 rings (SSSR count). The average molecular weight is 418 g/mol. The Balaban J connectivity index is 1.62. The van der Waals surface area contributed by atoms with Crippen molar-refractivity contribution >= 4 is 27.6 Å². The van der Waals surface area contributed by atoms with Crippen LogP contribution in [0, 0.1) is 0 Å². The monoisotopic (exact) mass is 418 g/mol. The molecule has 2 aromatic carbocycles. The van der Waals surface area contributed by atoms with E-state index < -0.39 is 22.1 Å². The van der Waals surface area contributed by atoms with Gasteiger partial charge in [-0.1, -0.05) is 18.2 Å². The van der Waals surface area contributed by atoms with Gasteiger partial charge in [-0.25, -0.2) is 17.9 Å². The Morgan fingerprint density at radius 3 is 2.55 bits per heavy atom. The maximum Gasteiger partial charge on any atom is 0.339 e. The smallest absolute Gasteiger partial charge is 0.339 e. The lowest BCUT2D eigenvalue weighted by molar-refractivity contribution is -0.118. The molecule has 0 bridgehead atoms. The molecule has 0 spiro atoms. The summed E-state index contributed by atoms with van der Waals surface area (Å²) in [5.74, 6) is -0.787. The molecule has 9 heteroatoms. The number of anilines is 1. The number of fused-ring (bicyclic) bond motifs is 1. The number of hydrogen-bond donors (Lipinski definition) is 2. The molecule has 0 aromatic heterocycles. The standard InChI is InChI=1S/C20H22N2O6S/c1-13(12-27-2)22-29(25,26)15-9-7-14(8-10-15)21-19(23)11-18-16-5-3-4-6-17(16)20(24)28-18/h3-10,13,18,22H,11-12H2,1-2H3,(H,21,23)/t13-,18-/m1/s1. The first-order valence-corrected chi connectivity index (χ1v) is 10.5. The molecule has 1 amide bonds. The van der Waals surface area contributed by atoms with Gasteiger partial charge in [-0.05, 0) is 37.3 Å². The predicted octanol–water partition coefficient (Wildman–Crippen LogP) is 2.24. The van der Waals surface area contributed by atoms with Crippen molar-refractivity contribution in [1.82, 2.24) is 4.72 Å².